The number of nitrogens with zero attached hydrogens (tertiary/aromatic N) is 2. The van der Waals surface area contributed by atoms with Crippen LogP contribution >= 0.6 is 0 Å². The van der Waals surface area contributed by atoms with E-state index in [4.69, 9.17) is 4.42 Å². The molecule has 0 aliphatic heterocycles. The highest BCUT2D eigenvalue weighted by Crippen LogP contribution is 2.22. The summed E-state index contributed by atoms with van der Waals surface area (Å²) < 4.78 is 5.74. The molecule has 1 N–H and O–H groups in total. The van der Waals surface area contributed by atoms with Crippen LogP contribution in [0.4, 0.5) is 5.69 Å². The first-order valence-corrected chi connectivity index (χ1v) is 6.94. The van der Waals surface area contributed by atoms with Crippen LogP contribution in [0.3, 0.4) is 0 Å². The molecule has 4 nitrogen and oxygen atoms in total. The van der Waals surface area contributed by atoms with Crippen molar-refractivity contribution >= 4 is 5.69 Å². The highest BCUT2D eigenvalue weighted by molar-refractivity contribution is 5.52. The largest absolute Gasteiger partial charge is 0.418 e. The van der Waals surface area contributed by atoms with E-state index in [9.17, 15) is 0 Å². The number of hydrogen-bond donors (Lipinski definition) is 1. The highest BCUT2D eigenvalue weighted by atomic mass is 16.4. The molecular formula is C17H17N3O. The molecule has 4 heteroatoms. The fourth-order valence-electron chi connectivity index (χ4n) is 2.07. The van der Waals surface area contributed by atoms with Crippen molar-refractivity contribution in [2.75, 3.05) is 5.32 Å². The lowest BCUT2D eigenvalue weighted by Crippen LogP contribution is -2.06. The SMILES string of the molecule is Cc1ccc(N[C@H](C)c2nnc(-c3ccccc3)o2)cc1. The van der Waals surface area contributed by atoms with Gasteiger partial charge >= 0.3 is 0 Å². The smallest absolute Gasteiger partial charge is 0.247 e. The van der Waals surface area contributed by atoms with E-state index in [0.717, 1.165) is 11.3 Å². The average Bonchev–Trinajstić information content (AvgIpc) is 3.00. The molecule has 0 spiro atoms. The van der Waals surface area contributed by atoms with Gasteiger partial charge < -0.3 is 9.73 Å². The molecule has 0 aliphatic rings. The van der Waals surface area contributed by atoms with Crippen molar-refractivity contribution < 1.29 is 4.42 Å². The molecule has 1 heterocycles. The molecule has 0 amide bonds. The Bertz CT molecular complexity index is 704. The lowest BCUT2D eigenvalue weighted by atomic mass is 10.2. The highest BCUT2D eigenvalue weighted by Gasteiger charge is 2.14. The van der Waals surface area contributed by atoms with Crippen molar-refractivity contribution in [2.24, 2.45) is 0 Å². The second-order valence-corrected chi connectivity index (χ2v) is 5.04. The quantitative estimate of drug-likeness (QED) is 0.777. The maximum Gasteiger partial charge on any atom is 0.247 e. The van der Waals surface area contributed by atoms with Gasteiger partial charge in [0.2, 0.25) is 11.8 Å². The predicted octanol–water partition coefficient (Wildman–Crippen LogP) is 4.22. The molecule has 0 bridgehead atoms. The zero-order valence-corrected chi connectivity index (χ0v) is 12.1. The van der Waals surface area contributed by atoms with Gasteiger partial charge in [0.15, 0.2) is 0 Å². The normalized spacial score (nSPS) is 12.1. The van der Waals surface area contributed by atoms with Crippen LogP contribution in [0.1, 0.15) is 24.4 Å². The second kappa shape index (κ2) is 5.79. The molecule has 0 unspecified atom stereocenters. The number of benzene rings is 2. The Kier molecular flexibility index (Phi) is 3.69. The molecule has 21 heavy (non-hydrogen) atoms. The third-order valence-corrected chi connectivity index (χ3v) is 3.27. The molecule has 106 valence electrons. The van der Waals surface area contributed by atoms with E-state index in [0.29, 0.717) is 11.8 Å². The van der Waals surface area contributed by atoms with Gasteiger partial charge in [-0.2, -0.15) is 0 Å². The van der Waals surface area contributed by atoms with Crippen molar-refractivity contribution in [3.05, 3.63) is 66.1 Å². The van der Waals surface area contributed by atoms with Gasteiger partial charge in [0, 0.05) is 11.3 Å². The maximum absolute atomic E-state index is 5.74. The summed E-state index contributed by atoms with van der Waals surface area (Å²) in [5.74, 6) is 1.12. The van der Waals surface area contributed by atoms with E-state index >= 15 is 0 Å². The van der Waals surface area contributed by atoms with Crippen LogP contribution in [-0.2, 0) is 0 Å². The average molecular weight is 279 g/mol. The van der Waals surface area contributed by atoms with Crippen LogP contribution in [0.2, 0.25) is 0 Å². The Hall–Kier alpha value is -2.62. The molecule has 1 atom stereocenters. The summed E-state index contributed by atoms with van der Waals surface area (Å²) in [6.07, 6.45) is 0. The van der Waals surface area contributed by atoms with E-state index in [1.54, 1.807) is 0 Å². The number of hydrogen-bond acceptors (Lipinski definition) is 4. The fourth-order valence-corrected chi connectivity index (χ4v) is 2.07. The molecule has 1 aromatic heterocycles. The Labute approximate surface area is 123 Å². The Morgan fingerprint density at radius 3 is 2.38 bits per heavy atom. The number of aromatic nitrogens is 2. The van der Waals surface area contributed by atoms with E-state index in [-0.39, 0.29) is 6.04 Å². The van der Waals surface area contributed by atoms with Crippen LogP contribution in [0.5, 0.6) is 0 Å². The summed E-state index contributed by atoms with van der Waals surface area (Å²) in [5.41, 5.74) is 3.20. The summed E-state index contributed by atoms with van der Waals surface area (Å²) >= 11 is 0. The minimum absolute atomic E-state index is 0.0438. The summed E-state index contributed by atoms with van der Waals surface area (Å²) in [6.45, 7) is 4.07. The van der Waals surface area contributed by atoms with Crippen LogP contribution < -0.4 is 5.32 Å². The molecule has 0 saturated heterocycles. The van der Waals surface area contributed by atoms with Gasteiger partial charge in [-0.25, -0.2) is 0 Å². The van der Waals surface area contributed by atoms with Crippen molar-refractivity contribution in [2.45, 2.75) is 19.9 Å². The van der Waals surface area contributed by atoms with Crippen molar-refractivity contribution in [3.8, 4) is 11.5 Å². The van der Waals surface area contributed by atoms with Crippen molar-refractivity contribution in [3.63, 3.8) is 0 Å². The molecule has 3 aromatic rings. The lowest BCUT2D eigenvalue weighted by Gasteiger charge is -2.11. The Balaban J connectivity index is 1.75. The topological polar surface area (TPSA) is 51.0 Å². The number of anilines is 1. The zero-order chi connectivity index (χ0) is 14.7. The Morgan fingerprint density at radius 1 is 0.952 bits per heavy atom. The number of nitrogens with one attached hydrogen (secondary N) is 1. The predicted molar refractivity (Wildman–Crippen MR) is 83.0 cm³/mol. The van der Waals surface area contributed by atoms with Crippen molar-refractivity contribution in [1.82, 2.24) is 10.2 Å². The molecule has 2 aromatic carbocycles. The maximum atomic E-state index is 5.74. The third-order valence-electron chi connectivity index (χ3n) is 3.27. The first-order valence-electron chi connectivity index (χ1n) is 6.94. The molecule has 3 rings (SSSR count). The van der Waals surface area contributed by atoms with Crippen molar-refractivity contribution in [1.29, 1.82) is 0 Å². The summed E-state index contributed by atoms with van der Waals surface area (Å²) in [6, 6.07) is 17.9. The first-order chi connectivity index (χ1) is 10.2. The number of aryl methyl sites for hydroxylation is 1. The number of rotatable bonds is 4. The van der Waals surface area contributed by atoms with Gasteiger partial charge in [-0.3, -0.25) is 0 Å². The minimum Gasteiger partial charge on any atom is -0.418 e. The van der Waals surface area contributed by atoms with E-state index in [2.05, 4.69) is 34.6 Å². The van der Waals surface area contributed by atoms with Gasteiger partial charge in [0.25, 0.3) is 0 Å². The molecule has 0 radical (unpaired) electrons. The van der Waals surface area contributed by atoms with Gasteiger partial charge in [-0.1, -0.05) is 35.9 Å². The molecule has 0 saturated carbocycles. The van der Waals surface area contributed by atoms with Crippen LogP contribution in [0.25, 0.3) is 11.5 Å². The third kappa shape index (κ3) is 3.11. The van der Waals surface area contributed by atoms with Gasteiger partial charge in [-0.15, -0.1) is 10.2 Å². The fraction of sp³-hybridized carbons (Fsp3) is 0.176. The lowest BCUT2D eigenvalue weighted by molar-refractivity contribution is 0.485. The second-order valence-electron chi connectivity index (χ2n) is 5.04. The first kappa shape index (κ1) is 13.4. The Morgan fingerprint density at radius 2 is 1.67 bits per heavy atom. The van der Waals surface area contributed by atoms with Gasteiger partial charge in [-0.05, 0) is 38.1 Å². The van der Waals surface area contributed by atoms with E-state index in [1.807, 2.05) is 49.4 Å². The van der Waals surface area contributed by atoms with E-state index in [1.165, 1.54) is 5.56 Å². The van der Waals surface area contributed by atoms with Crippen LogP contribution in [0.15, 0.2) is 59.0 Å². The molecular weight excluding hydrogens is 262 g/mol. The van der Waals surface area contributed by atoms with Gasteiger partial charge in [0.05, 0.1) is 0 Å². The standard InChI is InChI=1S/C17H17N3O/c1-12-8-10-15(11-9-12)18-13(2)16-19-20-17(21-16)14-6-4-3-5-7-14/h3-11,13,18H,1-2H3/t13-/m1/s1. The summed E-state index contributed by atoms with van der Waals surface area (Å²) in [5, 5.41) is 11.6. The minimum atomic E-state index is -0.0438. The summed E-state index contributed by atoms with van der Waals surface area (Å²) in [7, 11) is 0. The molecule has 0 aliphatic carbocycles. The van der Waals surface area contributed by atoms with Gasteiger partial charge in [0.1, 0.15) is 6.04 Å². The van der Waals surface area contributed by atoms with Crippen LogP contribution in [-0.4, -0.2) is 10.2 Å². The van der Waals surface area contributed by atoms with Crippen LogP contribution in [0, 0.1) is 6.92 Å². The monoisotopic (exact) mass is 279 g/mol. The molecule has 0 fully saturated rings. The summed E-state index contributed by atoms with van der Waals surface area (Å²) in [4.78, 5) is 0. The van der Waals surface area contributed by atoms with E-state index < -0.39 is 0 Å². The zero-order valence-electron chi connectivity index (χ0n) is 12.1.